The average Bonchev–Trinajstić information content (AvgIpc) is 3.00. The Morgan fingerprint density at radius 3 is 2.48 bits per heavy atom. The highest BCUT2D eigenvalue weighted by molar-refractivity contribution is 6.10. The van der Waals surface area contributed by atoms with Crippen molar-refractivity contribution >= 4 is 35.0 Å². The van der Waals surface area contributed by atoms with Gasteiger partial charge in [0.15, 0.2) is 5.82 Å². The second-order valence-electron chi connectivity index (χ2n) is 10.8. The predicted molar refractivity (Wildman–Crippen MR) is 163 cm³/mol. The lowest BCUT2D eigenvalue weighted by atomic mass is 10.1. The molecule has 2 amide bonds. The lowest BCUT2D eigenvalue weighted by molar-refractivity contribution is 0.148. The Bertz CT molecular complexity index is 1550. The molecular weight excluding hydrogens is 528 g/mol. The first-order chi connectivity index (χ1) is 20.4. The molecule has 2 aromatic carbocycles. The van der Waals surface area contributed by atoms with Crippen molar-refractivity contribution in [3.63, 3.8) is 0 Å². The number of carbonyl (C=O) groups excluding carboxylic acids is 1. The number of methoxy groups -OCH3 is 1. The van der Waals surface area contributed by atoms with Gasteiger partial charge in [-0.1, -0.05) is 24.3 Å². The summed E-state index contributed by atoms with van der Waals surface area (Å²) in [6.07, 6.45) is 3.36. The number of carbonyl (C=O) groups is 1. The number of aromatic nitrogens is 3. The monoisotopic (exact) mass is 562 g/mol. The molecule has 10 heteroatoms. The van der Waals surface area contributed by atoms with Crippen LogP contribution in [0.15, 0.2) is 54.9 Å². The zero-order chi connectivity index (χ0) is 29.2. The van der Waals surface area contributed by atoms with Gasteiger partial charge in [0.05, 0.1) is 25.5 Å². The number of hydrogen-bond acceptors (Lipinski definition) is 8. The number of piperazine rings is 1. The molecule has 0 bridgehead atoms. The number of anilines is 5. The molecule has 2 aromatic heterocycles. The number of hydrogen-bond donors (Lipinski definition) is 1. The fourth-order valence-electron chi connectivity index (χ4n) is 5.40. The van der Waals surface area contributed by atoms with Crippen molar-refractivity contribution in [3.8, 4) is 5.75 Å². The van der Waals surface area contributed by atoms with E-state index in [1.165, 1.54) is 10.5 Å². The van der Waals surface area contributed by atoms with Crippen LogP contribution in [0.1, 0.15) is 22.3 Å². The first-order valence-electron chi connectivity index (χ1n) is 14.0. The normalized spacial score (nSPS) is 15.8. The Labute approximate surface area is 246 Å². The van der Waals surface area contributed by atoms with E-state index in [2.05, 4.69) is 56.4 Å². The Balaban J connectivity index is 1.28. The van der Waals surface area contributed by atoms with Crippen molar-refractivity contribution in [1.29, 1.82) is 0 Å². The number of fused-ring (bicyclic) bond motifs is 1. The summed E-state index contributed by atoms with van der Waals surface area (Å²) in [4.78, 5) is 36.1. The van der Waals surface area contributed by atoms with E-state index >= 15 is 0 Å². The van der Waals surface area contributed by atoms with E-state index in [0.717, 1.165) is 60.8 Å². The van der Waals surface area contributed by atoms with E-state index in [4.69, 9.17) is 9.72 Å². The fourth-order valence-corrected chi connectivity index (χ4v) is 5.40. The van der Waals surface area contributed by atoms with Gasteiger partial charge in [0.2, 0.25) is 5.95 Å². The minimum absolute atomic E-state index is 0.260. The van der Waals surface area contributed by atoms with Crippen molar-refractivity contribution in [3.05, 3.63) is 89.2 Å². The minimum atomic E-state index is -0.260. The quantitative estimate of drug-likeness (QED) is 0.341. The molecule has 10 nitrogen and oxygen atoms in total. The summed E-state index contributed by atoms with van der Waals surface area (Å²) in [6.45, 7) is 9.50. The number of aryl methyl sites for hydroxylation is 1. The molecule has 0 aliphatic carbocycles. The van der Waals surface area contributed by atoms with Crippen molar-refractivity contribution in [2.75, 3.05) is 55.5 Å². The molecule has 0 unspecified atom stereocenters. The van der Waals surface area contributed by atoms with Crippen LogP contribution in [-0.4, -0.2) is 71.1 Å². The van der Waals surface area contributed by atoms with Crippen LogP contribution in [-0.2, 0) is 13.1 Å². The largest absolute Gasteiger partial charge is 0.495 e. The molecule has 1 N–H and O–H groups in total. The molecule has 42 heavy (non-hydrogen) atoms. The number of urea groups is 1. The van der Waals surface area contributed by atoms with Crippen LogP contribution in [0, 0.1) is 26.0 Å². The lowest BCUT2D eigenvalue weighted by Crippen LogP contribution is -2.46. The second kappa shape index (κ2) is 11.6. The third kappa shape index (κ3) is 5.57. The van der Waals surface area contributed by atoms with Crippen LogP contribution < -0.4 is 19.9 Å². The number of pyridine rings is 1. The highest BCUT2D eigenvalue weighted by Crippen LogP contribution is 2.37. The molecule has 214 valence electrons. The zero-order valence-electron chi connectivity index (χ0n) is 24.4. The topological polar surface area (TPSA) is 90.0 Å². The van der Waals surface area contributed by atoms with E-state index in [9.17, 15) is 4.79 Å². The molecule has 2 aliphatic rings. The Morgan fingerprint density at radius 1 is 1.00 bits per heavy atom. The maximum atomic E-state index is 14.1. The maximum Gasteiger partial charge on any atom is 0.336 e. The molecule has 0 atom stereocenters. The fraction of sp³-hybridized carbons (Fsp3) is 0.312. The lowest BCUT2D eigenvalue weighted by Gasteiger charge is -2.36. The zero-order valence-corrected chi connectivity index (χ0v) is 24.4. The van der Waals surface area contributed by atoms with E-state index in [-0.39, 0.29) is 6.03 Å². The van der Waals surface area contributed by atoms with Gasteiger partial charge in [-0.2, -0.15) is 4.98 Å². The van der Waals surface area contributed by atoms with E-state index in [1.54, 1.807) is 36.5 Å². The smallest absolute Gasteiger partial charge is 0.336 e. The van der Waals surface area contributed by atoms with Crippen LogP contribution in [0.5, 0.6) is 5.75 Å². The van der Waals surface area contributed by atoms with Gasteiger partial charge in [-0.3, -0.25) is 9.80 Å². The van der Waals surface area contributed by atoms with Crippen LogP contribution >= 0.6 is 0 Å². The van der Waals surface area contributed by atoms with Crippen LogP contribution in [0.2, 0.25) is 0 Å². The standard InChI is InChI=1S/C32H34N8O2/c1-22-6-5-7-23(2)29(22)39-21-25-18-34-31(36-30(25)40(32(39)41)28-13-12-27(42-4)19-33-28)35-26-10-8-24(9-11-26)20-38-16-14-37(3)15-17-38/h6,8-13,18-19H,14-17,20-21H2,1-4H3,(H,34,35,36). The van der Waals surface area contributed by atoms with E-state index in [1.807, 2.05) is 32.0 Å². The number of rotatable bonds is 7. The molecule has 2 aliphatic heterocycles. The van der Waals surface area contributed by atoms with Crippen LogP contribution in [0.3, 0.4) is 0 Å². The Kier molecular flexibility index (Phi) is 7.61. The highest BCUT2D eigenvalue weighted by Gasteiger charge is 2.36. The molecule has 4 heterocycles. The van der Waals surface area contributed by atoms with Gasteiger partial charge in [-0.05, 0) is 62.4 Å². The minimum Gasteiger partial charge on any atom is -0.495 e. The number of nitrogens with one attached hydrogen (secondary N) is 1. The van der Waals surface area contributed by atoms with Crippen LogP contribution in [0.4, 0.5) is 33.8 Å². The SMILES string of the molecule is COc1ccc(N2C(=O)N(c3c(C)c#ccc3C)Cc3cnc(Nc4ccc(CN5CCN(C)CC5)cc4)nc32)nc1. The highest BCUT2D eigenvalue weighted by atomic mass is 16.5. The van der Waals surface area contributed by atoms with Gasteiger partial charge in [-0.25, -0.2) is 19.7 Å². The summed E-state index contributed by atoms with van der Waals surface area (Å²) in [7, 11) is 3.75. The van der Waals surface area contributed by atoms with Crippen molar-refractivity contribution < 1.29 is 9.53 Å². The molecule has 0 radical (unpaired) electrons. The second-order valence-corrected chi connectivity index (χ2v) is 10.8. The molecule has 0 spiro atoms. The molecule has 0 saturated carbocycles. The Hall–Kier alpha value is -4.72. The average molecular weight is 563 g/mol. The summed E-state index contributed by atoms with van der Waals surface area (Å²) < 4.78 is 5.29. The van der Waals surface area contributed by atoms with Gasteiger partial charge in [0, 0.05) is 55.7 Å². The molecule has 1 fully saturated rings. The van der Waals surface area contributed by atoms with Gasteiger partial charge in [0.25, 0.3) is 0 Å². The van der Waals surface area contributed by atoms with Crippen molar-refractivity contribution in [1.82, 2.24) is 24.8 Å². The summed E-state index contributed by atoms with van der Waals surface area (Å²) in [6, 6.07) is 19.6. The summed E-state index contributed by atoms with van der Waals surface area (Å²) >= 11 is 0. The maximum absolute atomic E-state index is 14.1. The van der Waals surface area contributed by atoms with Gasteiger partial charge in [0.1, 0.15) is 11.6 Å². The predicted octanol–water partition coefficient (Wildman–Crippen LogP) is 4.87. The van der Waals surface area contributed by atoms with E-state index in [0.29, 0.717) is 29.9 Å². The first-order valence-corrected chi connectivity index (χ1v) is 14.0. The summed E-state index contributed by atoms with van der Waals surface area (Å²) in [5.41, 5.74) is 5.50. The van der Waals surface area contributed by atoms with Gasteiger partial charge >= 0.3 is 6.03 Å². The molecule has 1 saturated heterocycles. The van der Waals surface area contributed by atoms with Crippen LogP contribution in [0.25, 0.3) is 0 Å². The summed E-state index contributed by atoms with van der Waals surface area (Å²) in [5, 5.41) is 3.31. The molecule has 4 aromatic rings. The number of benzene rings is 1. The van der Waals surface area contributed by atoms with Gasteiger partial charge in [-0.15, -0.1) is 0 Å². The van der Waals surface area contributed by atoms with Gasteiger partial charge < -0.3 is 15.0 Å². The summed E-state index contributed by atoms with van der Waals surface area (Å²) in [5.74, 6) is 1.92. The number of ether oxygens (including phenoxy) is 1. The third-order valence-electron chi connectivity index (χ3n) is 7.75. The van der Waals surface area contributed by atoms with Crippen molar-refractivity contribution in [2.24, 2.45) is 0 Å². The van der Waals surface area contributed by atoms with Crippen molar-refractivity contribution in [2.45, 2.75) is 26.9 Å². The van der Waals surface area contributed by atoms with E-state index < -0.39 is 0 Å². The first kappa shape index (κ1) is 27.4. The Morgan fingerprint density at radius 2 is 1.79 bits per heavy atom. The molecule has 6 rings (SSSR count). The third-order valence-corrected chi connectivity index (χ3v) is 7.75. The molecular formula is C32H34N8O2. The number of nitrogens with zero attached hydrogens (tertiary/aromatic N) is 7. The number of likely N-dealkylation sites (N-methyl/N-ethyl adjacent to an activating group) is 1. The number of amides is 2.